The molecule has 0 aliphatic heterocycles. The second-order valence-corrected chi connectivity index (χ2v) is 6.10. The van der Waals surface area contributed by atoms with Crippen molar-refractivity contribution in [2.75, 3.05) is 27.4 Å². The van der Waals surface area contributed by atoms with E-state index in [1.165, 1.54) is 11.1 Å². The van der Waals surface area contributed by atoms with Gasteiger partial charge >= 0.3 is 0 Å². The van der Waals surface area contributed by atoms with E-state index in [0.29, 0.717) is 13.2 Å². The molecule has 0 heterocycles. The number of hydrogen-bond donors (Lipinski definition) is 1. The molecule has 2 N–H and O–H groups in total. The van der Waals surface area contributed by atoms with Gasteiger partial charge in [0.25, 0.3) is 0 Å². The summed E-state index contributed by atoms with van der Waals surface area (Å²) in [6.45, 7) is 3.45. The van der Waals surface area contributed by atoms with Gasteiger partial charge in [0.1, 0.15) is 5.75 Å². The summed E-state index contributed by atoms with van der Waals surface area (Å²) < 4.78 is 16.5. The molecule has 2 aromatic rings. The zero-order chi connectivity index (χ0) is 18.1. The summed E-state index contributed by atoms with van der Waals surface area (Å²) in [6.07, 6.45) is 3.01. The highest BCUT2D eigenvalue weighted by atomic mass is 16.5. The minimum atomic E-state index is 0.252. The molecule has 4 heteroatoms. The van der Waals surface area contributed by atoms with Gasteiger partial charge < -0.3 is 19.9 Å². The molecule has 0 spiro atoms. The molecule has 0 aliphatic carbocycles. The van der Waals surface area contributed by atoms with E-state index in [9.17, 15) is 0 Å². The topological polar surface area (TPSA) is 53.7 Å². The van der Waals surface area contributed by atoms with Crippen molar-refractivity contribution in [3.8, 4) is 17.2 Å². The molecule has 0 saturated heterocycles. The lowest BCUT2D eigenvalue weighted by Crippen LogP contribution is -2.15. The first-order valence-corrected chi connectivity index (χ1v) is 8.85. The van der Waals surface area contributed by atoms with Gasteiger partial charge in [-0.1, -0.05) is 31.5 Å². The van der Waals surface area contributed by atoms with E-state index in [0.717, 1.165) is 36.5 Å². The highest BCUT2D eigenvalue weighted by molar-refractivity contribution is 5.43. The smallest absolute Gasteiger partial charge is 0.161 e. The maximum Gasteiger partial charge on any atom is 0.161 e. The molecular weight excluding hydrogens is 314 g/mol. The Morgan fingerprint density at radius 2 is 1.72 bits per heavy atom. The first-order valence-electron chi connectivity index (χ1n) is 8.85. The van der Waals surface area contributed by atoms with Crippen LogP contribution in [0.15, 0.2) is 42.5 Å². The van der Waals surface area contributed by atoms with E-state index in [4.69, 9.17) is 19.9 Å². The highest BCUT2D eigenvalue weighted by Crippen LogP contribution is 2.31. The van der Waals surface area contributed by atoms with Gasteiger partial charge in [0.2, 0.25) is 0 Å². The molecule has 136 valence electrons. The van der Waals surface area contributed by atoms with Crippen molar-refractivity contribution in [1.82, 2.24) is 0 Å². The van der Waals surface area contributed by atoms with E-state index < -0.39 is 0 Å². The lowest BCUT2D eigenvalue weighted by molar-refractivity contribution is 0.288. The second kappa shape index (κ2) is 9.94. The van der Waals surface area contributed by atoms with Crippen LogP contribution in [-0.2, 0) is 6.42 Å². The largest absolute Gasteiger partial charge is 0.497 e. The van der Waals surface area contributed by atoms with Crippen molar-refractivity contribution in [2.24, 2.45) is 5.73 Å². The second-order valence-electron chi connectivity index (χ2n) is 6.10. The molecule has 0 aliphatic rings. The fourth-order valence-corrected chi connectivity index (χ4v) is 2.78. The highest BCUT2D eigenvalue weighted by Gasteiger charge is 2.13. The molecule has 0 amide bonds. The predicted molar refractivity (Wildman–Crippen MR) is 102 cm³/mol. The molecule has 25 heavy (non-hydrogen) atoms. The molecule has 0 radical (unpaired) electrons. The van der Waals surface area contributed by atoms with Crippen molar-refractivity contribution in [3.63, 3.8) is 0 Å². The van der Waals surface area contributed by atoms with Crippen molar-refractivity contribution < 1.29 is 14.2 Å². The number of methoxy groups -OCH3 is 2. The van der Waals surface area contributed by atoms with Crippen LogP contribution in [0.25, 0.3) is 0 Å². The first kappa shape index (κ1) is 19.1. The van der Waals surface area contributed by atoms with Gasteiger partial charge in [-0.05, 0) is 54.8 Å². The summed E-state index contributed by atoms with van der Waals surface area (Å²) >= 11 is 0. The van der Waals surface area contributed by atoms with Gasteiger partial charge in [-0.15, -0.1) is 0 Å². The number of benzene rings is 2. The molecule has 2 aromatic carbocycles. The Hall–Kier alpha value is -2.20. The van der Waals surface area contributed by atoms with Crippen LogP contribution in [0, 0.1) is 0 Å². The first-order chi connectivity index (χ1) is 12.2. The predicted octanol–water partition coefficient (Wildman–Crippen LogP) is 4.17. The zero-order valence-corrected chi connectivity index (χ0v) is 15.5. The lowest BCUT2D eigenvalue weighted by Gasteiger charge is -2.17. The van der Waals surface area contributed by atoms with E-state index in [-0.39, 0.29) is 5.92 Å². The van der Waals surface area contributed by atoms with Gasteiger partial charge in [-0.3, -0.25) is 0 Å². The molecule has 4 nitrogen and oxygen atoms in total. The third-order valence-electron chi connectivity index (χ3n) is 4.34. The Morgan fingerprint density at radius 1 is 0.960 bits per heavy atom. The third kappa shape index (κ3) is 5.40. The Labute approximate surface area is 150 Å². The van der Waals surface area contributed by atoms with Crippen LogP contribution in [0.4, 0.5) is 0 Å². The van der Waals surface area contributed by atoms with Crippen molar-refractivity contribution >= 4 is 0 Å². The SMILES string of the molecule is CCCCOc1ccc(CC(CN)c2ccc(OC)cc2)cc1OC. The summed E-state index contributed by atoms with van der Waals surface area (Å²) in [6, 6.07) is 14.2. The summed E-state index contributed by atoms with van der Waals surface area (Å²) in [5, 5.41) is 0. The number of unbranched alkanes of at least 4 members (excludes halogenated alkanes) is 1. The van der Waals surface area contributed by atoms with Crippen LogP contribution in [0.5, 0.6) is 17.2 Å². The molecule has 0 saturated carbocycles. The average Bonchev–Trinajstić information content (AvgIpc) is 2.67. The lowest BCUT2D eigenvalue weighted by atomic mass is 9.92. The van der Waals surface area contributed by atoms with Crippen LogP contribution >= 0.6 is 0 Å². The fourth-order valence-electron chi connectivity index (χ4n) is 2.78. The minimum Gasteiger partial charge on any atom is -0.497 e. The fraction of sp³-hybridized carbons (Fsp3) is 0.429. The molecule has 1 atom stereocenters. The molecular formula is C21H29NO3. The normalized spacial score (nSPS) is 11.8. The molecule has 2 rings (SSSR count). The summed E-state index contributed by atoms with van der Waals surface area (Å²) in [7, 11) is 3.35. The molecule has 1 unspecified atom stereocenters. The average molecular weight is 343 g/mol. The van der Waals surface area contributed by atoms with Crippen LogP contribution in [-0.4, -0.2) is 27.4 Å². The van der Waals surface area contributed by atoms with E-state index in [1.54, 1.807) is 14.2 Å². The zero-order valence-electron chi connectivity index (χ0n) is 15.5. The summed E-state index contributed by atoms with van der Waals surface area (Å²) in [5.74, 6) is 2.68. The van der Waals surface area contributed by atoms with Crippen molar-refractivity contribution in [3.05, 3.63) is 53.6 Å². The molecule has 0 aromatic heterocycles. The monoisotopic (exact) mass is 343 g/mol. The quantitative estimate of drug-likeness (QED) is 0.658. The Balaban J connectivity index is 2.10. The number of hydrogen-bond acceptors (Lipinski definition) is 4. The van der Waals surface area contributed by atoms with E-state index in [1.807, 2.05) is 24.3 Å². The number of nitrogens with two attached hydrogens (primary N) is 1. The Kier molecular flexibility index (Phi) is 7.61. The van der Waals surface area contributed by atoms with Gasteiger partial charge in [0.05, 0.1) is 20.8 Å². The standard InChI is InChI=1S/C21H29NO3/c1-4-5-12-25-20-11-6-16(14-21(20)24-3)13-18(15-22)17-7-9-19(23-2)10-8-17/h6-11,14,18H,4-5,12-13,15,22H2,1-3H3. The maximum absolute atomic E-state index is 6.02. The van der Waals surface area contributed by atoms with Gasteiger partial charge in [0.15, 0.2) is 11.5 Å². The van der Waals surface area contributed by atoms with Gasteiger partial charge in [-0.25, -0.2) is 0 Å². The summed E-state index contributed by atoms with van der Waals surface area (Å²) in [4.78, 5) is 0. The van der Waals surface area contributed by atoms with Crippen LogP contribution in [0.1, 0.15) is 36.8 Å². The third-order valence-corrected chi connectivity index (χ3v) is 4.34. The van der Waals surface area contributed by atoms with Gasteiger partial charge in [0, 0.05) is 5.92 Å². The number of rotatable bonds is 10. The molecule has 0 fully saturated rings. The Morgan fingerprint density at radius 3 is 2.32 bits per heavy atom. The van der Waals surface area contributed by atoms with Crippen molar-refractivity contribution in [1.29, 1.82) is 0 Å². The van der Waals surface area contributed by atoms with Crippen LogP contribution < -0.4 is 19.9 Å². The minimum absolute atomic E-state index is 0.252. The Bertz CT molecular complexity index is 640. The van der Waals surface area contributed by atoms with Crippen LogP contribution in [0.3, 0.4) is 0 Å². The van der Waals surface area contributed by atoms with Crippen molar-refractivity contribution in [2.45, 2.75) is 32.1 Å². The summed E-state index contributed by atoms with van der Waals surface area (Å²) in [5.41, 5.74) is 8.42. The van der Waals surface area contributed by atoms with E-state index >= 15 is 0 Å². The molecule has 0 bridgehead atoms. The number of ether oxygens (including phenoxy) is 3. The van der Waals surface area contributed by atoms with Crippen LogP contribution in [0.2, 0.25) is 0 Å². The van der Waals surface area contributed by atoms with E-state index in [2.05, 4.69) is 25.1 Å². The van der Waals surface area contributed by atoms with Gasteiger partial charge in [-0.2, -0.15) is 0 Å². The maximum atomic E-state index is 6.02.